The van der Waals surface area contributed by atoms with E-state index >= 15 is 4.39 Å². The van der Waals surface area contributed by atoms with E-state index in [1.807, 2.05) is 6.92 Å². The molecule has 0 amide bonds. The van der Waals surface area contributed by atoms with Crippen LogP contribution in [-0.2, 0) is 4.57 Å². The first-order chi connectivity index (χ1) is 14.3. The number of halogens is 2. The van der Waals surface area contributed by atoms with Crippen LogP contribution in [0.3, 0.4) is 0 Å². The monoisotopic (exact) mass is 459 g/mol. The summed E-state index contributed by atoms with van der Waals surface area (Å²) in [6, 6.07) is 6.41. The minimum atomic E-state index is -3.86. The van der Waals surface area contributed by atoms with Crippen molar-refractivity contribution in [3.63, 3.8) is 0 Å². The highest BCUT2D eigenvalue weighted by atomic mass is 32.1. The van der Waals surface area contributed by atoms with Gasteiger partial charge in [-0.25, -0.2) is 8.78 Å². The molecule has 1 heterocycles. The van der Waals surface area contributed by atoms with Gasteiger partial charge in [0.1, 0.15) is 0 Å². The molecule has 0 aliphatic heterocycles. The first kappa shape index (κ1) is 22.9. The molecule has 0 saturated carbocycles. The summed E-state index contributed by atoms with van der Waals surface area (Å²) < 4.78 is 53.0. The van der Waals surface area contributed by atoms with E-state index in [2.05, 4.69) is 0 Å². The predicted molar refractivity (Wildman–Crippen MR) is 114 cm³/mol. The summed E-state index contributed by atoms with van der Waals surface area (Å²) in [4.78, 5) is 9.40. The lowest BCUT2D eigenvalue weighted by atomic mass is 10.1. The fourth-order valence-electron chi connectivity index (χ4n) is 3.10. The lowest BCUT2D eigenvalue weighted by molar-refractivity contribution is 0.215. The molecule has 3 N–H and O–H groups in total. The van der Waals surface area contributed by atoms with Crippen LogP contribution in [0.15, 0.2) is 24.3 Å². The second-order valence-corrected chi connectivity index (χ2v) is 10.2. The van der Waals surface area contributed by atoms with Crippen molar-refractivity contribution in [2.24, 2.45) is 5.92 Å². The largest absolute Gasteiger partial charge is 0.490 e. The van der Waals surface area contributed by atoms with E-state index in [0.29, 0.717) is 22.1 Å². The van der Waals surface area contributed by atoms with Crippen LogP contribution in [0, 0.1) is 17.6 Å². The minimum absolute atomic E-state index is 0.0227. The third-order valence-electron chi connectivity index (χ3n) is 4.61. The van der Waals surface area contributed by atoms with Gasteiger partial charge in [0.25, 0.3) is 7.52 Å². The maximum atomic E-state index is 15.0. The van der Waals surface area contributed by atoms with Crippen LogP contribution in [0.4, 0.5) is 8.78 Å². The number of fused-ring (bicyclic) bond motifs is 3. The number of unbranched alkanes of at least 4 members (excludes halogenated alkanes) is 1. The highest BCUT2D eigenvalue weighted by molar-refractivity contribution is 7.55. The van der Waals surface area contributed by atoms with Gasteiger partial charge in [-0.1, -0.05) is 20.3 Å². The standard InChI is InChI=1S/C20H24F2NO5PS/c1-3-4-9-27-15-7-5-13-14-6-8-16(18(22)20(14)30-19(13)17(15)21)28-10-12(2)11-29(25,26)23-24/h5-8,12,24H,3-4,9-11H2,1-2H3,(H2,23,25,26)/t12-/m0/s1. The van der Waals surface area contributed by atoms with Gasteiger partial charge < -0.3 is 19.6 Å². The van der Waals surface area contributed by atoms with E-state index in [9.17, 15) is 13.8 Å². The normalized spacial score (nSPS) is 14.7. The summed E-state index contributed by atoms with van der Waals surface area (Å²) in [6.45, 7) is 4.06. The van der Waals surface area contributed by atoms with Gasteiger partial charge in [0.05, 0.1) is 22.6 Å². The SMILES string of the molecule is CCCCOc1ccc2c(sc3c(F)c(OC[C@H](C)CP(=O)(O)NO)ccc32)c1F. The number of hydrogen-bond donors (Lipinski definition) is 3. The predicted octanol–water partition coefficient (Wildman–Crippen LogP) is 5.69. The highest BCUT2D eigenvalue weighted by Gasteiger charge is 2.22. The van der Waals surface area contributed by atoms with Crippen LogP contribution in [0.5, 0.6) is 11.5 Å². The molecule has 0 aliphatic rings. The molecule has 0 radical (unpaired) electrons. The summed E-state index contributed by atoms with van der Waals surface area (Å²) in [7, 11) is -3.86. The molecule has 1 unspecified atom stereocenters. The molecule has 2 atom stereocenters. The Morgan fingerprint density at radius 1 is 1.10 bits per heavy atom. The van der Waals surface area contributed by atoms with Gasteiger partial charge in [-0.2, -0.15) is 0 Å². The van der Waals surface area contributed by atoms with Crippen molar-refractivity contribution in [3.05, 3.63) is 35.9 Å². The van der Waals surface area contributed by atoms with Gasteiger partial charge >= 0.3 is 0 Å². The Balaban J connectivity index is 1.85. The van der Waals surface area contributed by atoms with E-state index in [0.717, 1.165) is 24.2 Å². The fraction of sp³-hybridized carbons (Fsp3) is 0.400. The zero-order valence-electron chi connectivity index (χ0n) is 16.7. The molecular formula is C20H24F2NO5PS. The third-order valence-corrected chi connectivity index (χ3v) is 7.25. The van der Waals surface area contributed by atoms with Gasteiger partial charge in [0, 0.05) is 22.9 Å². The first-order valence-electron chi connectivity index (χ1n) is 9.59. The molecule has 0 spiro atoms. The second kappa shape index (κ2) is 9.58. The molecule has 10 heteroatoms. The number of rotatable bonds is 10. The summed E-state index contributed by atoms with van der Waals surface area (Å²) >= 11 is 0.993. The molecule has 6 nitrogen and oxygen atoms in total. The molecule has 0 fully saturated rings. The molecular weight excluding hydrogens is 435 g/mol. The topological polar surface area (TPSA) is 88.0 Å². The smallest absolute Gasteiger partial charge is 0.289 e. The second-order valence-electron chi connectivity index (χ2n) is 7.21. The third kappa shape index (κ3) is 4.92. The Hall–Kier alpha value is -1.77. The van der Waals surface area contributed by atoms with Crippen molar-refractivity contribution >= 4 is 39.0 Å². The lowest BCUT2D eigenvalue weighted by Gasteiger charge is -2.16. The van der Waals surface area contributed by atoms with Crippen LogP contribution in [-0.4, -0.2) is 29.5 Å². The average molecular weight is 459 g/mol. The van der Waals surface area contributed by atoms with Gasteiger partial charge in [-0.3, -0.25) is 4.57 Å². The molecule has 164 valence electrons. The molecule has 0 bridgehead atoms. The summed E-state index contributed by atoms with van der Waals surface area (Å²) in [6.07, 6.45) is 1.52. The van der Waals surface area contributed by atoms with E-state index in [-0.39, 0.29) is 29.0 Å². The van der Waals surface area contributed by atoms with Gasteiger partial charge in [0.15, 0.2) is 23.1 Å². The maximum Gasteiger partial charge on any atom is 0.289 e. The van der Waals surface area contributed by atoms with E-state index in [1.54, 1.807) is 25.1 Å². The molecule has 2 aromatic carbocycles. The van der Waals surface area contributed by atoms with Crippen LogP contribution >= 0.6 is 18.9 Å². The quantitative estimate of drug-likeness (QED) is 0.205. The summed E-state index contributed by atoms with van der Waals surface area (Å²) in [5.74, 6) is -1.40. The first-order valence-corrected chi connectivity index (χ1v) is 12.3. The van der Waals surface area contributed by atoms with Gasteiger partial charge in [-0.15, -0.1) is 16.6 Å². The Labute approximate surface area is 176 Å². The summed E-state index contributed by atoms with van der Waals surface area (Å²) in [5.41, 5.74) is 0. The van der Waals surface area contributed by atoms with Crippen molar-refractivity contribution in [3.8, 4) is 11.5 Å². The minimum Gasteiger partial charge on any atom is -0.490 e. The van der Waals surface area contributed by atoms with Crippen LogP contribution in [0.2, 0.25) is 0 Å². The molecule has 30 heavy (non-hydrogen) atoms. The number of hydrogen-bond acceptors (Lipinski definition) is 5. The average Bonchev–Trinajstić information content (AvgIpc) is 3.09. The zero-order chi connectivity index (χ0) is 21.9. The van der Waals surface area contributed by atoms with Crippen LogP contribution < -0.4 is 14.7 Å². The van der Waals surface area contributed by atoms with E-state index in [4.69, 9.17) is 14.7 Å². The van der Waals surface area contributed by atoms with Gasteiger partial charge in [-0.05, 0) is 30.7 Å². The summed E-state index contributed by atoms with van der Waals surface area (Å²) in [5, 5.41) is 11.2. The lowest BCUT2D eigenvalue weighted by Crippen LogP contribution is -2.17. The van der Waals surface area contributed by atoms with Crippen molar-refractivity contribution in [2.45, 2.75) is 26.7 Å². The maximum absolute atomic E-state index is 15.0. The van der Waals surface area contributed by atoms with Crippen molar-refractivity contribution in [2.75, 3.05) is 19.4 Å². The van der Waals surface area contributed by atoms with Crippen molar-refractivity contribution < 1.29 is 32.9 Å². The number of benzene rings is 2. The van der Waals surface area contributed by atoms with Gasteiger partial charge in [0.2, 0.25) is 0 Å². The Bertz CT molecular complexity index is 1090. The molecule has 1 aromatic heterocycles. The Morgan fingerprint density at radius 3 is 2.20 bits per heavy atom. The number of nitrogens with one attached hydrogen (secondary N) is 1. The van der Waals surface area contributed by atoms with Crippen LogP contribution in [0.25, 0.3) is 20.2 Å². The molecule has 0 saturated heterocycles. The Morgan fingerprint density at radius 2 is 1.67 bits per heavy atom. The zero-order valence-corrected chi connectivity index (χ0v) is 18.4. The van der Waals surface area contributed by atoms with E-state index < -0.39 is 25.1 Å². The molecule has 3 aromatic rings. The van der Waals surface area contributed by atoms with Crippen molar-refractivity contribution in [1.29, 1.82) is 0 Å². The molecule has 3 rings (SSSR count). The number of ether oxygens (including phenoxy) is 2. The fourth-order valence-corrected chi connectivity index (χ4v) is 5.29. The van der Waals surface area contributed by atoms with E-state index in [1.165, 1.54) is 11.3 Å². The Kier molecular flexibility index (Phi) is 7.31. The molecule has 0 aliphatic carbocycles. The van der Waals surface area contributed by atoms with Crippen molar-refractivity contribution in [1.82, 2.24) is 5.25 Å². The highest BCUT2D eigenvalue weighted by Crippen LogP contribution is 2.42. The number of thiophene rings is 1. The van der Waals surface area contributed by atoms with Crippen LogP contribution in [0.1, 0.15) is 26.7 Å².